The molecule has 0 unspecified atom stereocenters. The van der Waals surface area contributed by atoms with Crippen LogP contribution in [-0.2, 0) is 6.42 Å². The first-order chi connectivity index (χ1) is 6.86. The van der Waals surface area contributed by atoms with Crippen LogP contribution in [0.5, 0.6) is 5.75 Å². The zero-order chi connectivity index (χ0) is 9.80. The smallest absolute Gasteiger partial charge is 0.118 e. The molecule has 1 saturated heterocycles. The van der Waals surface area contributed by atoms with E-state index in [1.54, 1.807) is 6.07 Å². The van der Waals surface area contributed by atoms with E-state index in [1.165, 1.54) is 0 Å². The van der Waals surface area contributed by atoms with Crippen LogP contribution in [0.1, 0.15) is 5.56 Å². The fourth-order valence-corrected chi connectivity index (χ4v) is 2.58. The van der Waals surface area contributed by atoms with Gasteiger partial charge in [0.15, 0.2) is 0 Å². The van der Waals surface area contributed by atoms with Crippen LogP contribution >= 0.6 is 11.8 Å². The maximum absolute atomic E-state index is 9.53. The van der Waals surface area contributed by atoms with Crippen LogP contribution in [0.25, 0.3) is 0 Å². The number of hydrogen-bond donors (Lipinski definition) is 2. The van der Waals surface area contributed by atoms with Gasteiger partial charge in [-0.15, -0.1) is 0 Å². The van der Waals surface area contributed by atoms with Gasteiger partial charge in [0.25, 0.3) is 0 Å². The van der Waals surface area contributed by atoms with Gasteiger partial charge in [-0.25, -0.2) is 0 Å². The molecule has 0 spiro atoms. The van der Waals surface area contributed by atoms with Crippen molar-refractivity contribution in [3.05, 3.63) is 29.8 Å². The first-order valence-corrected chi connectivity index (χ1v) is 6.00. The molecule has 76 valence electrons. The van der Waals surface area contributed by atoms with Crippen molar-refractivity contribution in [3.8, 4) is 5.75 Å². The van der Waals surface area contributed by atoms with Crippen LogP contribution < -0.4 is 5.32 Å². The van der Waals surface area contributed by atoms with Crippen molar-refractivity contribution in [2.75, 3.05) is 18.8 Å². The second-order valence-electron chi connectivity index (χ2n) is 3.53. The number of aromatic hydroxyl groups is 1. The summed E-state index contributed by atoms with van der Waals surface area (Å²) in [4.78, 5) is 0. The summed E-state index contributed by atoms with van der Waals surface area (Å²) in [7, 11) is 0. The van der Waals surface area contributed by atoms with Crippen LogP contribution in [0.3, 0.4) is 0 Å². The minimum Gasteiger partial charge on any atom is -0.508 e. The zero-order valence-corrected chi connectivity index (χ0v) is 8.89. The summed E-state index contributed by atoms with van der Waals surface area (Å²) in [6.07, 6.45) is 0.966. The van der Waals surface area contributed by atoms with Gasteiger partial charge in [0, 0.05) is 18.3 Å². The summed E-state index contributed by atoms with van der Waals surface area (Å²) >= 11 is 1.99. The molecule has 0 atom stereocenters. The van der Waals surface area contributed by atoms with Crippen molar-refractivity contribution >= 4 is 11.8 Å². The van der Waals surface area contributed by atoms with Gasteiger partial charge in [-0.1, -0.05) is 18.2 Å². The zero-order valence-electron chi connectivity index (χ0n) is 8.07. The lowest BCUT2D eigenvalue weighted by molar-refractivity contribution is 0.469. The number of aryl methyl sites for hydroxylation is 1. The number of rotatable bonds is 4. The minimum absolute atomic E-state index is 0.430. The van der Waals surface area contributed by atoms with Gasteiger partial charge in [0.2, 0.25) is 0 Å². The molecule has 0 aromatic heterocycles. The van der Waals surface area contributed by atoms with Gasteiger partial charge in [0.1, 0.15) is 5.75 Å². The Bertz CT molecular complexity index is 299. The van der Waals surface area contributed by atoms with Crippen molar-refractivity contribution < 1.29 is 5.11 Å². The molecule has 1 fully saturated rings. The number of para-hydroxylation sites is 1. The van der Waals surface area contributed by atoms with E-state index >= 15 is 0 Å². The highest BCUT2D eigenvalue weighted by Crippen LogP contribution is 2.20. The van der Waals surface area contributed by atoms with E-state index in [0.717, 1.165) is 36.1 Å². The van der Waals surface area contributed by atoms with Gasteiger partial charge in [-0.2, -0.15) is 11.8 Å². The molecule has 1 aliphatic heterocycles. The van der Waals surface area contributed by atoms with Gasteiger partial charge >= 0.3 is 0 Å². The first kappa shape index (κ1) is 9.87. The molecule has 1 aliphatic rings. The molecular formula is C11H15NOS. The Morgan fingerprint density at radius 2 is 2.14 bits per heavy atom. The van der Waals surface area contributed by atoms with Crippen molar-refractivity contribution in [3.63, 3.8) is 0 Å². The number of phenolic OH excluding ortho intramolecular Hbond substituents is 1. The molecule has 0 bridgehead atoms. The number of phenols is 1. The molecule has 14 heavy (non-hydrogen) atoms. The lowest BCUT2D eigenvalue weighted by Crippen LogP contribution is -2.44. The average Bonchev–Trinajstić information content (AvgIpc) is 2.12. The van der Waals surface area contributed by atoms with Crippen LogP contribution in [0, 0.1) is 0 Å². The quantitative estimate of drug-likeness (QED) is 0.790. The fourth-order valence-electron chi connectivity index (χ4n) is 1.44. The molecule has 1 heterocycles. The summed E-state index contributed by atoms with van der Waals surface area (Å²) in [5.74, 6) is 1.53. The predicted molar refractivity (Wildman–Crippen MR) is 60.9 cm³/mol. The lowest BCUT2D eigenvalue weighted by Gasteiger charge is -2.26. The first-order valence-electron chi connectivity index (χ1n) is 4.95. The summed E-state index contributed by atoms with van der Waals surface area (Å²) in [5, 5.41) is 13.6. The van der Waals surface area contributed by atoms with Crippen LogP contribution in [0.15, 0.2) is 24.3 Å². The van der Waals surface area contributed by atoms with E-state index in [1.807, 2.05) is 30.0 Å². The largest absolute Gasteiger partial charge is 0.508 e. The summed E-state index contributed by atoms with van der Waals surface area (Å²) in [6.45, 7) is 2.29. The molecule has 2 N–H and O–H groups in total. The van der Waals surface area contributed by atoms with Gasteiger partial charge in [-0.3, -0.25) is 0 Å². The van der Waals surface area contributed by atoms with Crippen molar-refractivity contribution in [2.45, 2.75) is 11.7 Å². The third kappa shape index (κ3) is 2.42. The number of benzene rings is 1. The topological polar surface area (TPSA) is 32.3 Å². The van der Waals surface area contributed by atoms with Crippen molar-refractivity contribution in [2.24, 2.45) is 0 Å². The van der Waals surface area contributed by atoms with Gasteiger partial charge in [-0.05, 0) is 23.8 Å². The minimum atomic E-state index is 0.430. The van der Waals surface area contributed by atoms with E-state index in [4.69, 9.17) is 0 Å². The molecule has 2 nitrogen and oxygen atoms in total. The number of nitrogens with one attached hydrogen (secondary N) is 1. The van der Waals surface area contributed by atoms with Crippen LogP contribution in [-0.4, -0.2) is 29.2 Å². The SMILES string of the molecule is Oc1ccccc1CCSC1CNC1. The Morgan fingerprint density at radius 1 is 1.36 bits per heavy atom. The maximum Gasteiger partial charge on any atom is 0.118 e. The normalized spacial score (nSPS) is 16.6. The second kappa shape index (κ2) is 4.71. The standard InChI is InChI=1S/C11H15NOS/c13-11-4-2-1-3-9(11)5-6-14-10-7-12-8-10/h1-4,10,12-13H,5-8H2. The molecule has 1 aromatic rings. The Morgan fingerprint density at radius 3 is 2.79 bits per heavy atom. The summed E-state index contributed by atoms with van der Waals surface area (Å²) in [5.41, 5.74) is 1.06. The number of thioether (sulfide) groups is 1. The second-order valence-corrected chi connectivity index (χ2v) is 4.94. The monoisotopic (exact) mass is 209 g/mol. The fraction of sp³-hybridized carbons (Fsp3) is 0.455. The molecule has 0 saturated carbocycles. The highest BCUT2D eigenvalue weighted by Gasteiger charge is 2.16. The molecule has 2 rings (SSSR count). The van der Waals surface area contributed by atoms with E-state index in [2.05, 4.69) is 5.32 Å². The van der Waals surface area contributed by atoms with Gasteiger partial charge < -0.3 is 10.4 Å². The van der Waals surface area contributed by atoms with E-state index in [0.29, 0.717) is 5.75 Å². The molecule has 0 amide bonds. The van der Waals surface area contributed by atoms with E-state index < -0.39 is 0 Å². The average molecular weight is 209 g/mol. The summed E-state index contributed by atoms with van der Waals surface area (Å²) < 4.78 is 0. The van der Waals surface area contributed by atoms with Crippen LogP contribution in [0.4, 0.5) is 0 Å². The van der Waals surface area contributed by atoms with Crippen LogP contribution in [0.2, 0.25) is 0 Å². The Hall–Kier alpha value is -0.670. The molecular weight excluding hydrogens is 194 g/mol. The molecule has 3 heteroatoms. The van der Waals surface area contributed by atoms with E-state index in [-0.39, 0.29) is 0 Å². The lowest BCUT2D eigenvalue weighted by atomic mass is 10.1. The predicted octanol–water partition coefficient (Wildman–Crippen LogP) is 1.64. The molecule has 0 aliphatic carbocycles. The Balaban J connectivity index is 1.76. The Kier molecular flexibility index (Phi) is 3.32. The molecule has 1 aromatic carbocycles. The van der Waals surface area contributed by atoms with Gasteiger partial charge in [0.05, 0.1) is 0 Å². The highest BCUT2D eigenvalue weighted by atomic mass is 32.2. The highest BCUT2D eigenvalue weighted by molar-refractivity contribution is 8.00. The summed E-state index contributed by atoms with van der Waals surface area (Å²) in [6, 6.07) is 7.59. The van der Waals surface area contributed by atoms with E-state index in [9.17, 15) is 5.11 Å². The van der Waals surface area contributed by atoms with Crippen molar-refractivity contribution in [1.29, 1.82) is 0 Å². The maximum atomic E-state index is 9.53. The van der Waals surface area contributed by atoms with Crippen molar-refractivity contribution in [1.82, 2.24) is 5.32 Å². The Labute approximate surface area is 88.7 Å². The number of hydrogen-bond acceptors (Lipinski definition) is 3. The third-order valence-corrected chi connectivity index (χ3v) is 3.71. The third-order valence-electron chi connectivity index (χ3n) is 2.46. The molecule has 0 radical (unpaired) electrons.